The number of carbonyl (C=O) groups excluding carboxylic acids is 2. The predicted octanol–water partition coefficient (Wildman–Crippen LogP) is 1.26. The molecule has 1 aromatic rings. The highest BCUT2D eigenvalue weighted by molar-refractivity contribution is 6.31. The van der Waals surface area contributed by atoms with Crippen LogP contribution >= 0.6 is 11.6 Å². The maximum Gasteiger partial charge on any atom is 0.306 e. The van der Waals surface area contributed by atoms with Gasteiger partial charge < -0.3 is 19.1 Å². The fraction of sp³-hybridized carbons (Fsp3) is 0.688. The van der Waals surface area contributed by atoms with E-state index in [9.17, 15) is 9.59 Å². The minimum absolute atomic E-state index is 0.215. The van der Waals surface area contributed by atoms with Crippen molar-refractivity contribution < 1.29 is 23.8 Å². The van der Waals surface area contributed by atoms with E-state index in [2.05, 4.69) is 5.10 Å². The van der Waals surface area contributed by atoms with Crippen molar-refractivity contribution in [3.05, 3.63) is 16.9 Å². The van der Waals surface area contributed by atoms with E-state index in [4.69, 9.17) is 25.8 Å². The molecule has 2 atom stereocenters. The van der Waals surface area contributed by atoms with Crippen molar-refractivity contribution in [1.29, 1.82) is 0 Å². The van der Waals surface area contributed by atoms with Gasteiger partial charge in [-0.1, -0.05) is 11.6 Å². The molecule has 0 spiro atoms. The van der Waals surface area contributed by atoms with Gasteiger partial charge in [-0.2, -0.15) is 5.10 Å². The Morgan fingerprint density at radius 3 is 2.80 bits per heavy atom. The Hall–Kier alpha value is -1.64. The molecule has 0 radical (unpaired) electrons. The van der Waals surface area contributed by atoms with Crippen LogP contribution in [-0.2, 0) is 37.4 Å². The Morgan fingerprint density at radius 2 is 2.28 bits per heavy atom. The summed E-state index contributed by atoms with van der Waals surface area (Å²) in [5.41, 5.74) is 0.583. The molecule has 2 fully saturated rings. The summed E-state index contributed by atoms with van der Waals surface area (Å²) >= 11 is 6.18. The number of aromatic nitrogens is 2. The molecule has 0 bridgehead atoms. The zero-order chi connectivity index (χ0) is 18.2. The first-order chi connectivity index (χ1) is 11.7. The number of esters is 1. The molecule has 0 unspecified atom stereocenters. The van der Waals surface area contributed by atoms with E-state index in [0.717, 1.165) is 0 Å². The van der Waals surface area contributed by atoms with E-state index >= 15 is 0 Å². The zero-order valence-electron chi connectivity index (χ0n) is 14.5. The number of aryl methyl sites for hydroxylation is 1. The standard InChI is InChI=1S/C16H22ClN3O5/c1-16(2)23-9-10(25-16)6-20(8-12-11(17)7-19(3)18-12)15(22)13-4-5-14(21)24-13/h7,10,13H,4-6,8-9H2,1-3H3/t10-,13+/m1/s1. The normalized spacial score (nSPS) is 25.2. The van der Waals surface area contributed by atoms with Crippen LogP contribution in [0.3, 0.4) is 0 Å². The lowest BCUT2D eigenvalue weighted by Crippen LogP contribution is -2.43. The van der Waals surface area contributed by atoms with Crippen LogP contribution < -0.4 is 0 Å². The number of amides is 1. The van der Waals surface area contributed by atoms with E-state index in [1.54, 1.807) is 22.8 Å². The molecule has 0 saturated carbocycles. The summed E-state index contributed by atoms with van der Waals surface area (Å²) in [5, 5.41) is 4.77. The van der Waals surface area contributed by atoms with Crippen molar-refractivity contribution in [1.82, 2.24) is 14.7 Å². The van der Waals surface area contributed by atoms with Crippen LogP contribution in [0.2, 0.25) is 5.02 Å². The average molecular weight is 372 g/mol. The van der Waals surface area contributed by atoms with Crippen molar-refractivity contribution in [2.75, 3.05) is 13.2 Å². The first-order valence-electron chi connectivity index (χ1n) is 8.21. The van der Waals surface area contributed by atoms with Gasteiger partial charge in [-0.15, -0.1) is 0 Å². The third-order valence-electron chi connectivity index (χ3n) is 4.16. The van der Waals surface area contributed by atoms with E-state index in [1.807, 2.05) is 13.8 Å². The highest BCUT2D eigenvalue weighted by Gasteiger charge is 2.38. The van der Waals surface area contributed by atoms with Crippen molar-refractivity contribution in [2.24, 2.45) is 7.05 Å². The van der Waals surface area contributed by atoms with Crippen LogP contribution in [0.1, 0.15) is 32.4 Å². The van der Waals surface area contributed by atoms with Crippen molar-refractivity contribution >= 4 is 23.5 Å². The van der Waals surface area contributed by atoms with Gasteiger partial charge in [0.05, 0.1) is 18.2 Å². The topological polar surface area (TPSA) is 82.9 Å². The molecule has 0 N–H and O–H groups in total. The Balaban J connectivity index is 1.74. The number of hydrogen-bond acceptors (Lipinski definition) is 6. The first-order valence-corrected chi connectivity index (χ1v) is 8.59. The Kier molecular flexibility index (Phi) is 5.04. The molecule has 25 heavy (non-hydrogen) atoms. The molecule has 8 nitrogen and oxygen atoms in total. The third-order valence-corrected chi connectivity index (χ3v) is 4.47. The Morgan fingerprint density at radius 1 is 1.52 bits per heavy atom. The monoisotopic (exact) mass is 371 g/mol. The quantitative estimate of drug-likeness (QED) is 0.725. The summed E-state index contributed by atoms with van der Waals surface area (Å²) in [6.07, 6.45) is 1.29. The van der Waals surface area contributed by atoms with Crippen LogP contribution in [0.4, 0.5) is 0 Å². The van der Waals surface area contributed by atoms with Gasteiger partial charge in [0.25, 0.3) is 5.91 Å². The smallest absolute Gasteiger partial charge is 0.306 e. The second-order valence-electron chi connectivity index (χ2n) is 6.78. The number of ether oxygens (including phenoxy) is 3. The lowest BCUT2D eigenvalue weighted by atomic mass is 10.2. The van der Waals surface area contributed by atoms with Crippen LogP contribution in [0, 0.1) is 0 Å². The van der Waals surface area contributed by atoms with Gasteiger partial charge >= 0.3 is 5.97 Å². The fourth-order valence-corrected chi connectivity index (χ4v) is 3.27. The molecule has 9 heteroatoms. The number of nitrogens with zero attached hydrogens (tertiary/aromatic N) is 3. The molecular weight excluding hydrogens is 350 g/mol. The summed E-state index contributed by atoms with van der Waals surface area (Å²) < 4.78 is 18.1. The highest BCUT2D eigenvalue weighted by atomic mass is 35.5. The number of cyclic esters (lactones) is 1. The second kappa shape index (κ2) is 6.93. The van der Waals surface area contributed by atoms with E-state index in [-0.39, 0.29) is 30.9 Å². The largest absolute Gasteiger partial charge is 0.452 e. The Bertz CT molecular complexity index is 675. The van der Waals surface area contributed by atoms with Gasteiger partial charge in [0, 0.05) is 32.6 Å². The van der Waals surface area contributed by atoms with E-state index in [1.165, 1.54) is 0 Å². The van der Waals surface area contributed by atoms with Crippen molar-refractivity contribution in [3.8, 4) is 0 Å². The van der Waals surface area contributed by atoms with Gasteiger partial charge in [-0.3, -0.25) is 14.3 Å². The number of carbonyl (C=O) groups is 2. The Labute approximate surface area is 150 Å². The maximum atomic E-state index is 12.8. The summed E-state index contributed by atoms with van der Waals surface area (Å²) in [5.74, 6) is -1.29. The van der Waals surface area contributed by atoms with Crippen LogP contribution in [0.25, 0.3) is 0 Å². The number of halogens is 1. The van der Waals surface area contributed by atoms with Gasteiger partial charge in [0.15, 0.2) is 11.9 Å². The van der Waals surface area contributed by atoms with E-state index in [0.29, 0.717) is 30.3 Å². The number of rotatable bonds is 5. The summed E-state index contributed by atoms with van der Waals surface area (Å²) in [4.78, 5) is 25.8. The molecule has 1 aromatic heterocycles. The first kappa shape index (κ1) is 18.2. The highest BCUT2D eigenvalue weighted by Crippen LogP contribution is 2.25. The molecule has 0 aliphatic carbocycles. The SMILES string of the molecule is Cn1cc(Cl)c(CN(C[C@@H]2COC(C)(C)O2)C(=O)[C@@H]2CCC(=O)O2)n1. The van der Waals surface area contributed by atoms with E-state index < -0.39 is 11.9 Å². The molecule has 3 rings (SSSR count). The second-order valence-corrected chi connectivity index (χ2v) is 7.19. The zero-order valence-corrected chi connectivity index (χ0v) is 15.3. The molecule has 2 aliphatic rings. The van der Waals surface area contributed by atoms with Gasteiger partial charge in [0.2, 0.25) is 0 Å². The molecule has 0 aromatic carbocycles. The van der Waals surface area contributed by atoms with Crippen molar-refractivity contribution in [2.45, 2.75) is 51.2 Å². The molecule has 138 valence electrons. The third kappa shape index (κ3) is 4.31. The predicted molar refractivity (Wildman–Crippen MR) is 87.7 cm³/mol. The molecule has 2 saturated heterocycles. The van der Waals surface area contributed by atoms with Crippen molar-refractivity contribution in [3.63, 3.8) is 0 Å². The van der Waals surface area contributed by atoms with Crippen LogP contribution in [-0.4, -0.2) is 57.7 Å². The van der Waals surface area contributed by atoms with Crippen LogP contribution in [0.15, 0.2) is 6.20 Å². The maximum absolute atomic E-state index is 12.8. The molecule has 2 aliphatic heterocycles. The number of hydrogen-bond donors (Lipinski definition) is 0. The molecule has 1 amide bonds. The average Bonchev–Trinajstić information content (AvgIpc) is 3.18. The summed E-state index contributed by atoms with van der Waals surface area (Å²) in [7, 11) is 1.76. The van der Waals surface area contributed by atoms with Gasteiger partial charge in [-0.25, -0.2) is 0 Å². The molecular formula is C16H22ClN3O5. The molecule has 3 heterocycles. The van der Waals surface area contributed by atoms with Crippen LogP contribution in [0.5, 0.6) is 0 Å². The minimum Gasteiger partial charge on any atom is -0.452 e. The summed E-state index contributed by atoms with van der Waals surface area (Å²) in [6.45, 7) is 4.56. The van der Waals surface area contributed by atoms with Gasteiger partial charge in [-0.05, 0) is 13.8 Å². The fourth-order valence-electron chi connectivity index (χ4n) is 3.03. The minimum atomic E-state index is -0.759. The summed E-state index contributed by atoms with van der Waals surface area (Å²) in [6, 6.07) is 0. The lowest BCUT2D eigenvalue weighted by molar-refractivity contribution is -0.157. The lowest BCUT2D eigenvalue weighted by Gasteiger charge is -2.27. The van der Waals surface area contributed by atoms with Gasteiger partial charge in [0.1, 0.15) is 11.8 Å².